The van der Waals surface area contributed by atoms with E-state index in [1.54, 1.807) is 7.11 Å². The van der Waals surface area contributed by atoms with Gasteiger partial charge >= 0.3 is 0 Å². The van der Waals surface area contributed by atoms with Crippen molar-refractivity contribution >= 4 is 5.69 Å². The van der Waals surface area contributed by atoms with E-state index in [0.29, 0.717) is 6.61 Å². The van der Waals surface area contributed by atoms with Crippen LogP contribution < -0.4 is 5.32 Å². The second-order valence-corrected chi connectivity index (χ2v) is 3.30. The zero-order chi connectivity index (χ0) is 10.4. The Morgan fingerprint density at radius 1 is 1.57 bits per heavy atom. The summed E-state index contributed by atoms with van der Waals surface area (Å²) in [6.45, 7) is 6.44. The van der Waals surface area contributed by atoms with E-state index in [2.05, 4.69) is 24.9 Å². The summed E-state index contributed by atoms with van der Waals surface area (Å²) in [5.41, 5.74) is 2.28. The molecule has 0 bridgehead atoms. The third-order valence-electron chi connectivity index (χ3n) is 1.99. The maximum atomic E-state index is 5.07. The molecular weight excluding hydrogens is 174 g/mol. The van der Waals surface area contributed by atoms with E-state index in [1.165, 1.54) is 5.56 Å². The fraction of sp³-hybridized carbons (Fsp3) is 0.333. The second-order valence-electron chi connectivity index (χ2n) is 3.30. The summed E-state index contributed by atoms with van der Waals surface area (Å²) in [6, 6.07) is 8.48. The quantitative estimate of drug-likeness (QED) is 0.722. The molecule has 1 aromatic rings. The minimum Gasteiger partial charge on any atom is -0.380 e. The Bertz CT molecular complexity index is 296. The van der Waals surface area contributed by atoms with Crippen molar-refractivity contribution in [2.45, 2.75) is 19.6 Å². The van der Waals surface area contributed by atoms with Gasteiger partial charge in [0.25, 0.3) is 0 Å². The molecule has 0 amide bonds. The summed E-state index contributed by atoms with van der Waals surface area (Å²) >= 11 is 0. The van der Waals surface area contributed by atoms with Gasteiger partial charge < -0.3 is 10.1 Å². The van der Waals surface area contributed by atoms with Crippen LogP contribution in [0.15, 0.2) is 36.9 Å². The Morgan fingerprint density at radius 3 is 3.00 bits per heavy atom. The normalized spacial score (nSPS) is 12.1. The minimum absolute atomic E-state index is 0.285. The van der Waals surface area contributed by atoms with Gasteiger partial charge in [0.05, 0.1) is 6.61 Å². The number of hydrogen-bond donors (Lipinski definition) is 1. The van der Waals surface area contributed by atoms with Gasteiger partial charge in [0.15, 0.2) is 0 Å². The van der Waals surface area contributed by atoms with Crippen molar-refractivity contribution in [3.8, 4) is 0 Å². The molecule has 0 saturated heterocycles. The SMILES string of the molecule is C=CC(C)Nc1cccc(COC)c1. The van der Waals surface area contributed by atoms with Crippen LogP contribution >= 0.6 is 0 Å². The van der Waals surface area contributed by atoms with Crippen LogP contribution in [0.25, 0.3) is 0 Å². The highest BCUT2D eigenvalue weighted by atomic mass is 16.5. The van der Waals surface area contributed by atoms with Gasteiger partial charge in [0.2, 0.25) is 0 Å². The van der Waals surface area contributed by atoms with Gasteiger partial charge in [0, 0.05) is 18.8 Å². The van der Waals surface area contributed by atoms with Gasteiger partial charge in [-0.1, -0.05) is 18.2 Å². The van der Waals surface area contributed by atoms with Gasteiger partial charge in [-0.2, -0.15) is 0 Å². The summed E-state index contributed by atoms with van der Waals surface area (Å²) in [7, 11) is 1.70. The molecule has 76 valence electrons. The number of anilines is 1. The molecule has 0 aliphatic rings. The first-order valence-corrected chi connectivity index (χ1v) is 4.73. The third kappa shape index (κ3) is 3.23. The van der Waals surface area contributed by atoms with Crippen molar-refractivity contribution in [3.63, 3.8) is 0 Å². The first-order valence-electron chi connectivity index (χ1n) is 4.73. The average Bonchev–Trinajstić information content (AvgIpc) is 2.19. The number of hydrogen-bond acceptors (Lipinski definition) is 2. The van der Waals surface area contributed by atoms with E-state index in [4.69, 9.17) is 4.74 Å². The molecule has 1 aromatic carbocycles. The minimum atomic E-state index is 0.285. The summed E-state index contributed by atoms with van der Waals surface area (Å²) in [6.07, 6.45) is 1.88. The van der Waals surface area contributed by atoms with Gasteiger partial charge in [-0.3, -0.25) is 0 Å². The Morgan fingerprint density at radius 2 is 2.36 bits per heavy atom. The number of rotatable bonds is 5. The molecule has 1 N–H and O–H groups in total. The van der Waals surface area contributed by atoms with Crippen LogP contribution in [-0.4, -0.2) is 13.2 Å². The molecule has 2 heteroatoms. The molecular formula is C12H17NO. The summed E-state index contributed by atoms with van der Waals surface area (Å²) in [4.78, 5) is 0. The fourth-order valence-corrected chi connectivity index (χ4v) is 1.24. The lowest BCUT2D eigenvalue weighted by atomic mass is 10.2. The van der Waals surface area contributed by atoms with Crippen molar-refractivity contribution in [3.05, 3.63) is 42.5 Å². The number of ether oxygens (including phenoxy) is 1. The molecule has 14 heavy (non-hydrogen) atoms. The van der Waals surface area contributed by atoms with Crippen molar-refractivity contribution in [2.24, 2.45) is 0 Å². The molecule has 0 radical (unpaired) electrons. The summed E-state index contributed by atoms with van der Waals surface area (Å²) < 4.78 is 5.07. The first-order chi connectivity index (χ1) is 6.76. The highest BCUT2D eigenvalue weighted by Gasteiger charge is 1.97. The van der Waals surface area contributed by atoms with Gasteiger partial charge in [0.1, 0.15) is 0 Å². The van der Waals surface area contributed by atoms with E-state index < -0.39 is 0 Å². The van der Waals surface area contributed by atoms with E-state index in [1.807, 2.05) is 24.3 Å². The van der Waals surface area contributed by atoms with E-state index in [9.17, 15) is 0 Å². The number of nitrogens with one attached hydrogen (secondary N) is 1. The van der Waals surface area contributed by atoms with Crippen molar-refractivity contribution < 1.29 is 4.74 Å². The molecule has 1 atom stereocenters. The topological polar surface area (TPSA) is 21.3 Å². The number of methoxy groups -OCH3 is 1. The summed E-state index contributed by atoms with van der Waals surface area (Å²) in [5.74, 6) is 0. The lowest BCUT2D eigenvalue weighted by molar-refractivity contribution is 0.185. The molecule has 0 heterocycles. The number of benzene rings is 1. The first kappa shape index (κ1) is 10.8. The third-order valence-corrected chi connectivity index (χ3v) is 1.99. The summed E-state index contributed by atoms with van der Waals surface area (Å²) in [5, 5.41) is 3.32. The monoisotopic (exact) mass is 191 g/mol. The molecule has 1 rings (SSSR count). The molecule has 0 aromatic heterocycles. The van der Waals surface area contributed by atoms with Crippen LogP contribution in [0.3, 0.4) is 0 Å². The molecule has 0 aliphatic carbocycles. The van der Waals surface area contributed by atoms with E-state index in [-0.39, 0.29) is 6.04 Å². The molecule has 2 nitrogen and oxygen atoms in total. The fourth-order valence-electron chi connectivity index (χ4n) is 1.24. The molecule has 1 unspecified atom stereocenters. The predicted octanol–water partition coefficient (Wildman–Crippen LogP) is 2.82. The standard InChI is InChI=1S/C12H17NO/c1-4-10(2)13-12-7-5-6-11(8-12)9-14-3/h4-8,10,13H,1,9H2,2-3H3. The van der Waals surface area contributed by atoms with Crippen LogP contribution in [0.2, 0.25) is 0 Å². The highest BCUT2D eigenvalue weighted by molar-refractivity contribution is 5.46. The molecule has 0 fully saturated rings. The van der Waals surface area contributed by atoms with Gasteiger partial charge in [-0.05, 0) is 24.6 Å². The molecule has 0 saturated carbocycles. The predicted molar refractivity (Wildman–Crippen MR) is 60.4 cm³/mol. The lowest BCUT2D eigenvalue weighted by Crippen LogP contribution is -2.11. The lowest BCUT2D eigenvalue weighted by Gasteiger charge is -2.11. The van der Waals surface area contributed by atoms with Crippen molar-refractivity contribution in [2.75, 3.05) is 12.4 Å². The maximum absolute atomic E-state index is 5.07. The largest absolute Gasteiger partial charge is 0.380 e. The van der Waals surface area contributed by atoms with Crippen LogP contribution in [0.4, 0.5) is 5.69 Å². The van der Waals surface area contributed by atoms with Crippen LogP contribution in [0.5, 0.6) is 0 Å². The van der Waals surface area contributed by atoms with Crippen LogP contribution in [-0.2, 0) is 11.3 Å². The van der Waals surface area contributed by atoms with E-state index >= 15 is 0 Å². The van der Waals surface area contributed by atoms with Gasteiger partial charge in [-0.15, -0.1) is 6.58 Å². The molecule has 0 spiro atoms. The zero-order valence-corrected chi connectivity index (χ0v) is 8.79. The van der Waals surface area contributed by atoms with Crippen LogP contribution in [0, 0.1) is 0 Å². The average molecular weight is 191 g/mol. The maximum Gasteiger partial charge on any atom is 0.0713 e. The zero-order valence-electron chi connectivity index (χ0n) is 8.79. The molecule has 0 aliphatic heterocycles. The van der Waals surface area contributed by atoms with Crippen molar-refractivity contribution in [1.29, 1.82) is 0 Å². The van der Waals surface area contributed by atoms with Crippen LogP contribution in [0.1, 0.15) is 12.5 Å². The Hall–Kier alpha value is -1.28. The van der Waals surface area contributed by atoms with E-state index in [0.717, 1.165) is 5.69 Å². The Balaban J connectivity index is 2.67. The smallest absolute Gasteiger partial charge is 0.0713 e. The second kappa shape index (κ2) is 5.45. The highest BCUT2D eigenvalue weighted by Crippen LogP contribution is 2.12. The van der Waals surface area contributed by atoms with Gasteiger partial charge in [-0.25, -0.2) is 0 Å². The Labute approximate surface area is 85.6 Å². The van der Waals surface area contributed by atoms with Crippen molar-refractivity contribution in [1.82, 2.24) is 0 Å². The Kier molecular flexibility index (Phi) is 4.20.